The molecule has 0 atom stereocenters. The van der Waals surface area contributed by atoms with Crippen LogP contribution in [0, 0.1) is 0 Å². The first kappa shape index (κ1) is 36.5. The average molecular weight is 767 g/mol. The summed E-state index contributed by atoms with van der Waals surface area (Å²) in [5.74, 6) is 0. The molecule has 13 nitrogen and oxygen atoms in total. The molecule has 0 saturated carbocycles. The monoisotopic (exact) mass is 764 g/mol. The molecule has 2 amide bonds. The van der Waals surface area contributed by atoms with E-state index in [1.807, 2.05) is 41.5 Å². The van der Waals surface area contributed by atoms with E-state index < -0.39 is 42.7 Å². The SMILES string of the molecule is CC(C)(C)OC(=O)N1CC(O)(c2cc(Br)n(COCC[Si](C)(C)C)n2)C1.CC(C)(C)OC(=O)N1CC(O)(c2cc(Br)n[nH]2)C1. The molecule has 2 aliphatic heterocycles. The Morgan fingerprint density at radius 1 is 0.932 bits per heavy atom. The first-order chi connectivity index (χ1) is 20.0. The first-order valence-corrected chi connectivity index (χ1v) is 19.7. The van der Waals surface area contributed by atoms with E-state index in [2.05, 4.69) is 66.8 Å². The predicted molar refractivity (Wildman–Crippen MR) is 174 cm³/mol. The highest BCUT2D eigenvalue weighted by Gasteiger charge is 2.49. The topological polar surface area (TPSA) is 155 Å². The van der Waals surface area contributed by atoms with Crippen LogP contribution in [0.2, 0.25) is 25.7 Å². The highest BCUT2D eigenvalue weighted by atomic mass is 79.9. The van der Waals surface area contributed by atoms with Crippen LogP contribution in [-0.4, -0.2) is 104 Å². The third-order valence-electron chi connectivity index (χ3n) is 6.58. The van der Waals surface area contributed by atoms with Crippen molar-refractivity contribution in [2.75, 3.05) is 32.8 Å². The number of H-pyrrole nitrogens is 1. The number of rotatable bonds is 7. The number of carbonyl (C=O) groups is 2. The summed E-state index contributed by atoms with van der Waals surface area (Å²) in [5.41, 5.74) is -2.17. The number of likely N-dealkylation sites (tertiary alicyclic amines) is 2. The van der Waals surface area contributed by atoms with Crippen molar-refractivity contribution in [1.29, 1.82) is 0 Å². The average Bonchev–Trinajstić information content (AvgIpc) is 3.41. The van der Waals surface area contributed by atoms with Gasteiger partial charge in [-0.15, -0.1) is 0 Å². The summed E-state index contributed by atoms with van der Waals surface area (Å²) >= 11 is 6.65. The van der Waals surface area contributed by atoms with E-state index in [0.29, 0.717) is 29.3 Å². The molecule has 0 bridgehead atoms. The Morgan fingerprint density at radius 3 is 1.86 bits per heavy atom. The van der Waals surface area contributed by atoms with Crippen LogP contribution in [0.5, 0.6) is 0 Å². The van der Waals surface area contributed by atoms with Gasteiger partial charge in [0.15, 0.2) is 0 Å². The number of carbonyl (C=O) groups excluding carboxylic acids is 2. The Balaban J connectivity index is 0.000000257. The molecule has 44 heavy (non-hydrogen) atoms. The second kappa shape index (κ2) is 13.4. The van der Waals surface area contributed by atoms with Crippen LogP contribution in [0.1, 0.15) is 52.9 Å². The molecule has 2 aromatic rings. The Labute approximate surface area is 276 Å². The Kier molecular flexibility index (Phi) is 11.1. The van der Waals surface area contributed by atoms with Gasteiger partial charge >= 0.3 is 12.2 Å². The van der Waals surface area contributed by atoms with Crippen LogP contribution >= 0.6 is 31.9 Å². The third-order valence-corrected chi connectivity index (χ3v) is 9.33. The summed E-state index contributed by atoms with van der Waals surface area (Å²) in [4.78, 5) is 26.7. The van der Waals surface area contributed by atoms with Crippen molar-refractivity contribution in [2.24, 2.45) is 0 Å². The summed E-state index contributed by atoms with van der Waals surface area (Å²) in [5, 5.41) is 32.1. The van der Waals surface area contributed by atoms with Gasteiger partial charge in [-0.1, -0.05) is 19.6 Å². The molecule has 2 fully saturated rings. The van der Waals surface area contributed by atoms with Crippen molar-refractivity contribution in [3.8, 4) is 0 Å². The van der Waals surface area contributed by atoms with E-state index in [9.17, 15) is 19.8 Å². The maximum atomic E-state index is 12.0. The molecular weight excluding hydrogens is 720 g/mol. The molecule has 2 aliphatic rings. The quantitative estimate of drug-likeness (QED) is 0.261. The van der Waals surface area contributed by atoms with Crippen molar-refractivity contribution in [3.05, 3.63) is 32.7 Å². The second-order valence-corrected chi connectivity index (χ2v) is 21.8. The fourth-order valence-corrected chi connectivity index (χ4v) is 5.66. The Morgan fingerprint density at radius 2 is 1.43 bits per heavy atom. The molecule has 0 spiro atoms. The van der Waals surface area contributed by atoms with E-state index >= 15 is 0 Å². The molecule has 248 valence electrons. The molecule has 4 heterocycles. The maximum Gasteiger partial charge on any atom is 0.410 e. The minimum atomic E-state index is -1.15. The largest absolute Gasteiger partial charge is 0.444 e. The molecule has 0 aromatic carbocycles. The number of aromatic amines is 1. The van der Waals surface area contributed by atoms with Crippen molar-refractivity contribution < 1.29 is 34.0 Å². The lowest BCUT2D eigenvalue weighted by Gasteiger charge is -2.45. The van der Waals surface area contributed by atoms with Crippen LogP contribution in [0.25, 0.3) is 0 Å². The number of hydrogen-bond acceptors (Lipinski definition) is 9. The lowest BCUT2D eigenvalue weighted by Crippen LogP contribution is -2.62. The van der Waals surface area contributed by atoms with Crippen molar-refractivity contribution >= 4 is 52.1 Å². The number of ether oxygens (including phenoxy) is 3. The number of hydrogen-bond donors (Lipinski definition) is 3. The summed E-state index contributed by atoms with van der Waals surface area (Å²) in [6.45, 7) is 19.6. The zero-order chi connectivity index (χ0) is 33.3. The number of nitrogens with one attached hydrogen (secondary N) is 1. The number of halogens is 2. The number of amides is 2. The third kappa shape index (κ3) is 10.3. The van der Waals surface area contributed by atoms with E-state index in [-0.39, 0.29) is 26.2 Å². The van der Waals surface area contributed by atoms with Crippen LogP contribution in [-0.2, 0) is 32.1 Å². The molecule has 2 saturated heterocycles. The lowest BCUT2D eigenvalue weighted by molar-refractivity contribution is -0.106. The molecular formula is C28H46Br2N6O7Si. The molecule has 3 N–H and O–H groups in total. The van der Waals surface area contributed by atoms with Gasteiger partial charge in [0, 0.05) is 14.7 Å². The van der Waals surface area contributed by atoms with Crippen LogP contribution in [0.3, 0.4) is 0 Å². The van der Waals surface area contributed by atoms with E-state index in [1.54, 1.807) is 16.8 Å². The predicted octanol–water partition coefficient (Wildman–Crippen LogP) is 5.01. The van der Waals surface area contributed by atoms with Gasteiger partial charge in [-0.05, 0) is 91.6 Å². The van der Waals surface area contributed by atoms with Gasteiger partial charge in [-0.3, -0.25) is 5.10 Å². The number of aliphatic hydroxyl groups is 2. The molecule has 0 unspecified atom stereocenters. The number of β-amino-alcohol motifs (C(OH)–C–C–N with tert-alkyl or cyclic N) is 2. The molecule has 2 aromatic heterocycles. The zero-order valence-electron chi connectivity index (χ0n) is 27.0. The van der Waals surface area contributed by atoms with Crippen LogP contribution in [0.15, 0.2) is 21.3 Å². The summed E-state index contributed by atoms with van der Waals surface area (Å²) in [6, 6.07) is 4.56. The molecule has 4 rings (SSSR count). The standard InChI is InChI=1S/C17H30BrN3O4Si.C11H16BrN3O3/c1-16(2,3)25-15(22)20-10-17(23,11-20)13-9-14(18)21(19-13)12-24-7-8-26(4,5)6;1-10(2,3)18-9(16)15-5-11(17,6-15)7-4-8(12)14-13-7/h9,23H,7-8,10-12H2,1-6H3;4,17H,5-6H2,1-3H3,(H,13,14). The Hall–Kier alpha value is -1.98. The van der Waals surface area contributed by atoms with Crippen molar-refractivity contribution in [3.63, 3.8) is 0 Å². The number of aromatic nitrogens is 4. The minimum absolute atomic E-state index is 0.168. The zero-order valence-corrected chi connectivity index (χ0v) is 31.2. The highest BCUT2D eigenvalue weighted by Crippen LogP contribution is 2.34. The first-order valence-electron chi connectivity index (χ1n) is 14.4. The Bertz CT molecular complexity index is 1300. The van der Waals surface area contributed by atoms with Crippen LogP contribution in [0.4, 0.5) is 9.59 Å². The molecule has 0 aliphatic carbocycles. The highest BCUT2D eigenvalue weighted by molar-refractivity contribution is 9.10. The smallest absolute Gasteiger partial charge is 0.410 e. The summed E-state index contributed by atoms with van der Waals surface area (Å²) in [7, 11) is -1.12. The molecule has 0 radical (unpaired) electrons. The second-order valence-electron chi connectivity index (χ2n) is 14.5. The van der Waals surface area contributed by atoms with Crippen LogP contribution < -0.4 is 0 Å². The minimum Gasteiger partial charge on any atom is -0.444 e. The van der Waals surface area contributed by atoms with Gasteiger partial charge in [0.1, 0.15) is 38.3 Å². The van der Waals surface area contributed by atoms with E-state index in [1.165, 1.54) is 9.80 Å². The maximum absolute atomic E-state index is 12.0. The fraction of sp³-hybridized carbons (Fsp3) is 0.714. The van der Waals surface area contributed by atoms with Crippen molar-refractivity contribution in [2.45, 2.75) is 96.4 Å². The van der Waals surface area contributed by atoms with Gasteiger partial charge < -0.3 is 34.2 Å². The normalized spacial score (nSPS) is 17.7. The lowest BCUT2D eigenvalue weighted by atomic mass is 9.91. The number of nitrogens with zero attached hydrogens (tertiary/aromatic N) is 5. The molecule has 16 heteroatoms. The van der Waals surface area contributed by atoms with Gasteiger partial charge in [-0.2, -0.15) is 10.2 Å². The van der Waals surface area contributed by atoms with Gasteiger partial charge in [0.25, 0.3) is 0 Å². The summed E-state index contributed by atoms with van der Waals surface area (Å²) in [6.07, 6.45) is -0.832. The van der Waals surface area contributed by atoms with Gasteiger partial charge in [0.05, 0.1) is 37.6 Å². The van der Waals surface area contributed by atoms with Gasteiger partial charge in [-0.25, -0.2) is 14.3 Å². The van der Waals surface area contributed by atoms with E-state index in [0.717, 1.165) is 10.6 Å². The van der Waals surface area contributed by atoms with Gasteiger partial charge in [0.2, 0.25) is 0 Å². The summed E-state index contributed by atoms with van der Waals surface area (Å²) < 4.78 is 19.3. The fourth-order valence-electron chi connectivity index (χ4n) is 4.19. The van der Waals surface area contributed by atoms with Crippen molar-refractivity contribution in [1.82, 2.24) is 29.8 Å². The van der Waals surface area contributed by atoms with E-state index in [4.69, 9.17) is 14.2 Å².